The zero-order valence-electron chi connectivity index (χ0n) is 27.3. The summed E-state index contributed by atoms with van der Waals surface area (Å²) < 4.78 is 50.9. The summed E-state index contributed by atoms with van der Waals surface area (Å²) in [4.78, 5) is 0. The van der Waals surface area contributed by atoms with Gasteiger partial charge in [-0.05, 0) is 64.6 Å². The minimum Gasteiger partial charge on any atom is -0.493 e. The Morgan fingerprint density at radius 2 is 1.45 bits per heavy atom. The largest absolute Gasteiger partial charge is 0.493 e. The van der Waals surface area contributed by atoms with Gasteiger partial charge in [0.1, 0.15) is 30.0 Å². The maximum Gasteiger partial charge on any atom is 0.178 e. The van der Waals surface area contributed by atoms with Crippen LogP contribution < -0.4 is 18.9 Å². The SMILES string of the molecule is COc1cc2c3c(c4c(c2cc1OC)-c1ccccc1C4OCCOCCO)C=CC(c1ccc(F)cc1)(c1ccc(OCCO)cc1)O3. The first-order valence-electron chi connectivity index (χ1n) is 16.2. The van der Waals surface area contributed by atoms with E-state index in [1.54, 1.807) is 26.4 Å². The summed E-state index contributed by atoms with van der Waals surface area (Å²) >= 11 is 0. The molecule has 0 bridgehead atoms. The lowest BCUT2D eigenvalue weighted by Crippen LogP contribution is -2.34. The fourth-order valence-corrected chi connectivity index (χ4v) is 6.86. The van der Waals surface area contributed by atoms with Crippen LogP contribution in [0.15, 0.2) is 91.0 Å². The van der Waals surface area contributed by atoms with Gasteiger partial charge in [-0.3, -0.25) is 0 Å². The Balaban J connectivity index is 1.46. The van der Waals surface area contributed by atoms with Crippen molar-refractivity contribution in [1.29, 1.82) is 0 Å². The Kier molecular flexibility index (Phi) is 9.25. The lowest BCUT2D eigenvalue weighted by Gasteiger charge is -2.38. The van der Waals surface area contributed by atoms with E-state index in [0.29, 0.717) is 36.2 Å². The molecule has 1 heterocycles. The van der Waals surface area contributed by atoms with Crippen molar-refractivity contribution in [1.82, 2.24) is 0 Å². The first kappa shape index (κ1) is 32.6. The van der Waals surface area contributed by atoms with Crippen molar-refractivity contribution in [3.8, 4) is 34.1 Å². The van der Waals surface area contributed by atoms with E-state index in [-0.39, 0.29) is 32.2 Å². The minimum absolute atomic E-state index is 0.0593. The van der Waals surface area contributed by atoms with Crippen LogP contribution in [0.1, 0.15) is 33.9 Å². The van der Waals surface area contributed by atoms with E-state index in [9.17, 15) is 14.6 Å². The van der Waals surface area contributed by atoms with Gasteiger partial charge in [0.05, 0.1) is 47.3 Å². The monoisotopic (exact) mass is 664 g/mol. The summed E-state index contributed by atoms with van der Waals surface area (Å²) in [6.45, 7) is 0.892. The van der Waals surface area contributed by atoms with Crippen molar-refractivity contribution in [3.63, 3.8) is 0 Å². The summed E-state index contributed by atoms with van der Waals surface area (Å²) in [6, 6.07) is 25.9. The molecule has 0 saturated heterocycles. The molecule has 2 unspecified atom stereocenters. The Bertz CT molecular complexity index is 1990. The number of hydrogen-bond acceptors (Lipinski definition) is 8. The third-order valence-corrected chi connectivity index (χ3v) is 9.03. The maximum atomic E-state index is 14.3. The Morgan fingerprint density at radius 3 is 2.14 bits per heavy atom. The third kappa shape index (κ3) is 5.78. The average molecular weight is 665 g/mol. The maximum absolute atomic E-state index is 14.3. The molecule has 1 aliphatic carbocycles. The Labute approximate surface area is 283 Å². The molecule has 1 aliphatic heterocycles. The highest BCUT2D eigenvalue weighted by Crippen LogP contribution is 2.57. The predicted octanol–water partition coefficient (Wildman–Crippen LogP) is 6.81. The molecule has 9 heteroatoms. The quantitative estimate of drug-likeness (QED) is 0.133. The molecule has 0 saturated carbocycles. The van der Waals surface area contributed by atoms with Crippen LogP contribution in [0.5, 0.6) is 23.0 Å². The summed E-state index contributed by atoms with van der Waals surface area (Å²) in [5.74, 6) is 1.99. The first-order valence-corrected chi connectivity index (χ1v) is 16.2. The molecule has 8 nitrogen and oxygen atoms in total. The van der Waals surface area contributed by atoms with Gasteiger partial charge in [0, 0.05) is 27.6 Å². The van der Waals surface area contributed by atoms with Gasteiger partial charge in [-0.2, -0.15) is 0 Å². The van der Waals surface area contributed by atoms with Crippen molar-refractivity contribution < 1.29 is 43.0 Å². The van der Waals surface area contributed by atoms with Crippen LogP contribution in [0.4, 0.5) is 4.39 Å². The number of rotatable bonds is 13. The Hall–Kier alpha value is -4.93. The van der Waals surface area contributed by atoms with Crippen molar-refractivity contribution >= 4 is 16.8 Å². The fourth-order valence-electron chi connectivity index (χ4n) is 6.86. The second-order valence-corrected chi connectivity index (χ2v) is 11.7. The molecule has 2 aliphatic rings. The second-order valence-electron chi connectivity index (χ2n) is 11.7. The van der Waals surface area contributed by atoms with Gasteiger partial charge in [-0.15, -0.1) is 0 Å². The van der Waals surface area contributed by atoms with Gasteiger partial charge < -0.3 is 38.6 Å². The van der Waals surface area contributed by atoms with E-state index in [2.05, 4.69) is 18.2 Å². The van der Waals surface area contributed by atoms with E-state index in [4.69, 9.17) is 28.4 Å². The van der Waals surface area contributed by atoms with Crippen LogP contribution in [-0.2, 0) is 15.1 Å². The van der Waals surface area contributed by atoms with Crippen LogP contribution in [0, 0.1) is 5.82 Å². The summed E-state index contributed by atoms with van der Waals surface area (Å²) in [7, 11) is 3.22. The number of fused-ring (bicyclic) bond motifs is 8. The van der Waals surface area contributed by atoms with Gasteiger partial charge >= 0.3 is 0 Å². The molecule has 0 amide bonds. The molecule has 5 aromatic carbocycles. The molecule has 49 heavy (non-hydrogen) atoms. The molecule has 0 fully saturated rings. The molecule has 0 radical (unpaired) electrons. The zero-order valence-corrected chi connectivity index (χ0v) is 27.3. The molecule has 0 spiro atoms. The summed E-state index contributed by atoms with van der Waals surface area (Å²) in [6.07, 6.45) is 3.64. The fraction of sp³-hybridized carbons (Fsp3) is 0.250. The average Bonchev–Trinajstić information content (AvgIpc) is 3.48. The van der Waals surface area contributed by atoms with E-state index in [0.717, 1.165) is 49.7 Å². The van der Waals surface area contributed by atoms with E-state index in [1.165, 1.54) is 12.1 Å². The molecule has 2 atom stereocenters. The second kappa shape index (κ2) is 13.9. The molecule has 2 N–H and O–H groups in total. The highest BCUT2D eigenvalue weighted by atomic mass is 19.1. The van der Waals surface area contributed by atoms with Crippen molar-refractivity contribution in [2.24, 2.45) is 0 Å². The van der Waals surface area contributed by atoms with E-state index < -0.39 is 11.7 Å². The summed E-state index contributed by atoms with van der Waals surface area (Å²) in [5, 5.41) is 20.1. The van der Waals surface area contributed by atoms with Crippen LogP contribution in [0.3, 0.4) is 0 Å². The lowest BCUT2D eigenvalue weighted by molar-refractivity contribution is 0.0116. The van der Waals surface area contributed by atoms with E-state index in [1.807, 2.05) is 54.6 Å². The molecule has 0 aromatic heterocycles. The highest BCUT2D eigenvalue weighted by molar-refractivity contribution is 6.09. The number of aliphatic hydroxyl groups excluding tert-OH is 2. The number of ether oxygens (including phenoxy) is 6. The van der Waals surface area contributed by atoms with Crippen molar-refractivity contribution in [2.75, 3.05) is 53.9 Å². The van der Waals surface area contributed by atoms with Crippen LogP contribution >= 0.6 is 0 Å². The zero-order chi connectivity index (χ0) is 34.0. The number of hydrogen-bond donors (Lipinski definition) is 2. The topological polar surface area (TPSA) is 95.8 Å². The Morgan fingerprint density at radius 1 is 0.776 bits per heavy atom. The standard InChI is InChI=1S/C40H37FO8/c1-44-34-23-32-33(24-35(34)45-2)38-31(37-36(32)29-5-3-4-6-30(29)39(37)48-22-21-46-19-17-42)15-16-40(49-38,25-7-11-27(41)12-8-25)26-9-13-28(14-10-26)47-20-18-43/h3-16,23-24,39,42-43H,17-22H2,1-2H3. The highest BCUT2D eigenvalue weighted by Gasteiger charge is 2.42. The minimum atomic E-state index is -1.15. The normalized spacial score (nSPS) is 17.3. The number of aliphatic hydroxyl groups is 2. The van der Waals surface area contributed by atoms with Crippen LogP contribution in [0.2, 0.25) is 0 Å². The van der Waals surface area contributed by atoms with Gasteiger partial charge in [0.15, 0.2) is 17.1 Å². The van der Waals surface area contributed by atoms with Gasteiger partial charge in [0.2, 0.25) is 0 Å². The van der Waals surface area contributed by atoms with E-state index >= 15 is 0 Å². The third-order valence-electron chi connectivity index (χ3n) is 9.03. The van der Waals surface area contributed by atoms with Gasteiger partial charge in [-0.25, -0.2) is 4.39 Å². The predicted molar refractivity (Wildman–Crippen MR) is 184 cm³/mol. The smallest absolute Gasteiger partial charge is 0.178 e. The van der Waals surface area contributed by atoms with Crippen LogP contribution in [-0.4, -0.2) is 64.1 Å². The number of methoxy groups -OCH3 is 2. The molecular weight excluding hydrogens is 627 g/mol. The molecular formula is C40H37FO8. The van der Waals surface area contributed by atoms with Crippen molar-refractivity contribution in [3.05, 3.63) is 125 Å². The molecule has 7 rings (SSSR count). The molecule has 252 valence electrons. The first-order chi connectivity index (χ1) is 24.0. The van der Waals surface area contributed by atoms with Crippen molar-refractivity contribution in [2.45, 2.75) is 11.7 Å². The van der Waals surface area contributed by atoms with Crippen LogP contribution in [0.25, 0.3) is 28.0 Å². The summed E-state index contributed by atoms with van der Waals surface area (Å²) in [5.41, 5.74) is 5.26. The number of benzene rings is 5. The van der Waals surface area contributed by atoms with Gasteiger partial charge in [0.25, 0.3) is 0 Å². The number of halogens is 1. The lowest BCUT2D eigenvalue weighted by atomic mass is 9.81. The molecule has 5 aromatic rings. The van der Waals surface area contributed by atoms with Gasteiger partial charge in [-0.1, -0.05) is 54.6 Å².